The average Bonchev–Trinajstić information content (AvgIpc) is 2.80. The lowest BCUT2D eigenvalue weighted by Crippen LogP contribution is -2.43. The van der Waals surface area contributed by atoms with E-state index in [4.69, 9.17) is 21.7 Å². The van der Waals surface area contributed by atoms with Gasteiger partial charge in [0.1, 0.15) is 12.6 Å². The number of amides is 2. The van der Waals surface area contributed by atoms with E-state index < -0.39 is 18.1 Å². The minimum absolute atomic E-state index is 0.0947. The van der Waals surface area contributed by atoms with Gasteiger partial charge in [-0.2, -0.15) is 0 Å². The molecular weight excluding hydrogens is 418 g/mol. The van der Waals surface area contributed by atoms with Crippen LogP contribution in [-0.4, -0.2) is 42.8 Å². The van der Waals surface area contributed by atoms with Crippen molar-refractivity contribution in [1.82, 2.24) is 16.0 Å². The number of hydrogen-bond acceptors (Lipinski definition) is 6. The Balaban J connectivity index is 1.72. The minimum atomic E-state index is -0.859. The van der Waals surface area contributed by atoms with Crippen LogP contribution in [0.25, 0.3) is 0 Å². The molecule has 0 heterocycles. The molecule has 0 radical (unpaired) electrons. The van der Waals surface area contributed by atoms with Crippen molar-refractivity contribution in [2.75, 3.05) is 13.7 Å². The molecule has 0 bridgehead atoms. The summed E-state index contributed by atoms with van der Waals surface area (Å²) in [6.45, 7) is 0.486. The van der Waals surface area contributed by atoms with Gasteiger partial charge in [0.2, 0.25) is 0 Å². The summed E-state index contributed by atoms with van der Waals surface area (Å²) in [5.74, 6) is -0.884. The van der Waals surface area contributed by atoms with E-state index >= 15 is 0 Å². The predicted octanol–water partition coefficient (Wildman–Crippen LogP) is 2.54. The second kappa shape index (κ2) is 13.0. The van der Waals surface area contributed by atoms with Gasteiger partial charge in [-0.15, -0.1) is 0 Å². The summed E-state index contributed by atoms with van der Waals surface area (Å²) in [7, 11) is 1.25. The largest absolute Gasteiger partial charge is 0.467 e. The molecule has 8 nitrogen and oxygen atoms in total. The molecule has 2 rings (SSSR count). The minimum Gasteiger partial charge on any atom is -0.467 e. The Morgan fingerprint density at radius 3 is 2.29 bits per heavy atom. The van der Waals surface area contributed by atoms with Crippen molar-refractivity contribution in [1.29, 1.82) is 0 Å². The van der Waals surface area contributed by atoms with E-state index in [1.807, 2.05) is 36.4 Å². The molecule has 9 heteroatoms. The topological polar surface area (TPSA) is 106 Å². The Bertz CT molecular complexity index is 877. The molecule has 0 spiro atoms. The predicted molar refractivity (Wildman–Crippen MR) is 119 cm³/mol. The molecule has 0 fully saturated rings. The van der Waals surface area contributed by atoms with Crippen LogP contribution in [0.3, 0.4) is 0 Å². The van der Waals surface area contributed by atoms with Gasteiger partial charge in [-0.25, -0.2) is 9.59 Å². The molecule has 0 aliphatic heterocycles. The molecule has 164 valence electrons. The normalized spacial score (nSPS) is 11.0. The van der Waals surface area contributed by atoms with Crippen molar-refractivity contribution in [2.45, 2.75) is 25.5 Å². The number of alkyl carbamates (subject to hydrolysis) is 1. The highest BCUT2D eigenvalue weighted by Crippen LogP contribution is 2.04. The summed E-state index contributed by atoms with van der Waals surface area (Å²) < 4.78 is 9.89. The Morgan fingerprint density at radius 2 is 1.65 bits per heavy atom. The summed E-state index contributed by atoms with van der Waals surface area (Å²) in [5.41, 5.74) is 1.33. The summed E-state index contributed by atoms with van der Waals surface area (Å²) in [5, 5.41) is 8.17. The zero-order valence-electron chi connectivity index (χ0n) is 17.1. The summed E-state index contributed by atoms with van der Waals surface area (Å²) in [6.07, 6.45) is 0.0768. The number of rotatable bonds is 9. The van der Waals surface area contributed by atoms with E-state index in [9.17, 15) is 14.4 Å². The van der Waals surface area contributed by atoms with E-state index in [0.717, 1.165) is 5.56 Å². The van der Waals surface area contributed by atoms with Gasteiger partial charge in [-0.1, -0.05) is 48.5 Å². The number of nitrogens with one attached hydrogen (secondary N) is 3. The van der Waals surface area contributed by atoms with Gasteiger partial charge in [0.15, 0.2) is 5.11 Å². The lowest BCUT2D eigenvalue weighted by Gasteiger charge is -2.17. The van der Waals surface area contributed by atoms with Crippen LogP contribution in [0.2, 0.25) is 0 Å². The Labute approximate surface area is 186 Å². The van der Waals surface area contributed by atoms with E-state index in [-0.39, 0.29) is 17.6 Å². The number of benzene rings is 2. The molecule has 0 aliphatic rings. The summed E-state index contributed by atoms with van der Waals surface area (Å²) >= 11 is 5.11. The van der Waals surface area contributed by atoms with E-state index in [1.54, 1.807) is 24.3 Å². The smallest absolute Gasteiger partial charge is 0.408 e. The fourth-order valence-corrected chi connectivity index (χ4v) is 2.81. The number of methoxy groups -OCH3 is 1. The molecule has 2 amide bonds. The monoisotopic (exact) mass is 443 g/mol. The van der Waals surface area contributed by atoms with Crippen molar-refractivity contribution in [3.63, 3.8) is 0 Å². The first-order valence-corrected chi connectivity index (χ1v) is 10.1. The molecule has 2 aromatic carbocycles. The highest BCUT2D eigenvalue weighted by atomic mass is 32.1. The molecule has 31 heavy (non-hydrogen) atoms. The van der Waals surface area contributed by atoms with Crippen LogP contribution < -0.4 is 16.0 Å². The maximum absolute atomic E-state index is 12.0. The van der Waals surface area contributed by atoms with Crippen molar-refractivity contribution < 1.29 is 23.9 Å². The fraction of sp³-hybridized carbons (Fsp3) is 0.273. The SMILES string of the molecule is COC(=O)[C@H](CCCNC(=S)NC(=O)c1ccccc1)NC(=O)OCc1ccccc1. The summed E-state index contributed by atoms with van der Waals surface area (Å²) in [4.78, 5) is 36.0. The van der Waals surface area contributed by atoms with Crippen molar-refractivity contribution in [3.8, 4) is 0 Å². The lowest BCUT2D eigenvalue weighted by molar-refractivity contribution is -0.143. The molecule has 0 unspecified atom stereocenters. The van der Waals surface area contributed by atoms with Crippen molar-refractivity contribution in [3.05, 3.63) is 71.8 Å². The standard InChI is InChI=1S/C22H25N3O5S/c1-29-20(27)18(24-22(28)30-15-16-9-4-2-5-10-16)13-8-14-23-21(31)25-19(26)17-11-6-3-7-12-17/h2-7,9-12,18H,8,13-15H2,1H3,(H,24,28)(H2,23,25,26,31)/t18-/m0/s1. The van der Waals surface area contributed by atoms with Gasteiger partial charge < -0.3 is 20.1 Å². The lowest BCUT2D eigenvalue weighted by atomic mass is 10.1. The van der Waals surface area contributed by atoms with Gasteiger partial charge in [-0.3, -0.25) is 10.1 Å². The molecule has 0 saturated heterocycles. The number of esters is 1. The molecule has 3 N–H and O–H groups in total. The van der Waals surface area contributed by atoms with Gasteiger partial charge in [0, 0.05) is 12.1 Å². The zero-order chi connectivity index (χ0) is 22.5. The van der Waals surface area contributed by atoms with Crippen LogP contribution in [0.4, 0.5) is 4.79 Å². The molecule has 2 aromatic rings. The van der Waals surface area contributed by atoms with Gasteiger partial charge in [0.05, 0.1) is 7.11 Å². The molecule has 0 aliphatic carbocycles. The van der Waals surface area contributed by atoms with Crippen LogP contribution in [0.15, 0.2) is 60.7 Å². The second-order valence-corrected chi connectivity index (χ2v) is 6.91. The van der Waals surface area contributed by atoms with Gasteiger partial charge in [-0.05, 0) is 42.8 Å². The highest BCUT2D eigenvalue weighted by Gasteiger charge is 2.22. The zero-order valence-corrected chi connectivity index (χ0v) is 17.9. The Kier molecular flexibility index (Phi) is 9.96. The van der Waals surface area contributed by atoms with E-state index in [2.05, 4.69) is 16.0 Å². The van der Waals surface area contributed by atoms with Crippen LogP contribution in [0, 0.1) is 0 Å². The average molecular weight is 444 g/mol. The number of carbonyl (C=O) groups is 3. The Morgan fingerprint density at radius 1 is 1.00 bits per heavy atom. The van der Waals surface area contributed by atoms with E-state index in [1.165, 1.54) is 7.11 Å². The highest BCUT2D eigenvalue weighted by molar-refractivity contribution is 7.80. The molecule has 0 aromatic heterocycles. The van der Waals surface area contributed by atoms with Crippen LogP contribution in [-0.2, 0) is 20.9 Å². The van der Waals surface area contributed by atoms with Gasteiger partial charge in [0.25, 0.3) is 5.91 Å². The first-order valence-electron chi connectivity index (χ1n) is 9.69. The fourth-order valence-electron chi connectivity index (χ4n) is 2.62. The number of hydrogen-bond donors (Lipinski definition) is 3. The third-order valence-corrected chi connectivity index (χ3v) is 4.46. The molecular formula is C22H25N3O5S. The summed E-state index contributed by atoms with van der Waals surface area (Å²) in [6, 6.07) is 17.0. The number of ether oxygens (including phenoxy) is 2. The maximum Gasteiger partial charge on any atom is 0.408 e. The third-order valence-electron chi connectivity index (χ3n) is 4.21. The molecule has 0 saturated carbocycles. The van der Waals surface area contributed by atoms with Crippen molar-refractivity contribution in [2.24, 2.45) is 0 Å². The third kappa shape index (κ3) is 8.83. The van der Waals surface area contributed by atoms with Crippen LogP contribution in [0.5, 0.6) is 0 Å². The van der Waals surface area contributed by atoms with Crippen LogP contribution >= 0.6 is 12.2 Å². The molecule has 1 atom stereocenters. The number of carbonyl (C=O) groups excluding carboxylic acids is 3. The maximum atomic E-state index is 12.0. The van der Waals surface area contributed by atoms with E-state index in [0.29, 0.717) is 24.9 Å². The first-order chi connectivity index (χ1) is 15.0. The van der Waals surface area contributed by atoms with Gasteiger partial charge >= 0.3 is 12.1 Å². The van der Waals surface area contributed by atoms with Crippen LogP contribution in [0.1, 0.15) is 28.8 Å². The van der Waals surface area contributed by atoms with Crippen molar-refractivity contribution >= 4 is 35.3 Å². The second-order valence-electron chi connectivity index (χ2n) is 6.50. The first kappa shape index (κ1) is 23.8. The quantitative estimate of drug-likeness (QED) is 0.311. The number of thiocarbonyl (C=S) groups is 1. The Hall–Kier alpha value is -3.46.